The number of alkyl halides is 5. The van der Waals surface area contributed by atoms with Crippen molar-refractivity contribution in [3.05, 3.63) is 71.4 Å². The number of ether oxygens (including phenoxy) is 1. The highest BCUT2D eigenvalue weighted by Gasteiger charge is 2.51. The topological polar surface area (TPSA) is 69.9 Å². The molecule has 0 aliphatic carbocycles. The molecule has 182 valence electrons. The summed E-state index contributed by atoms with van der Waals surface area (Å²) < 4.78 is 72.9. The monoisotopic (exact) mass is 508 g/mol. The molecule has 0 N–H and O–H groups in total. The van der Waals surface area contributed by atoms with Crippen molar-refractivity contribution in [1.82, 2.24) is 19.5 Å². The number of halogens is 5. The maximum absolute atomic E-state index is 14.4. The lowest BCUT2D eigenvalue weighted by Crippen LogP contribution is -2.39. The molecule has 4 aromatic heterocycles. The Balaban J connectivity index is 1.76. The summed E-state index contributed by atoms with van der Waals surface area (Å²) in [4.78, 5) is 25.5. The van der Waals surface area contributed by atoms with E-state index in [1.807, 2.05) is 6.92 Å². The highest BCUT2D eigenvalue weighted by Crippen LogP contribution is 2.37. The standard InChI is InChI=1S/C23H17F5N4O2S/c1-2-35-17-10-14(34-18-5-3-4-8-29-18)11-31-20(17)15-9-13-6-7-19(33)32(16(13)12-30-15)22(26)23(27,28)21(24)25/h3-12,21-22H,2H2,1H3. The van der Waals surface area contributed by atoms with Gasteiger partial charge in [-0.25, -0.2) is 23.1 Å². The molecule has 6 nitrogen and oxygen atoms in total. The molecule has 0 radical (unpaired) electrons. The molecular formula is C23H17F5N4O2S. The molecule has 0 spiro atoms. The van der Waals surface area contributed by atoms with E-state index in [2.05, 4.69) is 15.0 Å². The molecule has 0 saturated carbocycles. The second-order valence-electron chi connectivity index (χ2n) is 7.20. The van der Waals surface area contributed by atoms with E-state index in [4.69, 9.17) is 4.74 Å². The lowest BCUT2D eigenvalue weighted by Gasteiger charge is -2.22. The molecule has 4 rings (SSSR count). The molecule has 12 heteroatoms. The largest absolute Gasteiger partial charge is 0.437 e. The summed E-state index contributed by atoms with van der Waals surface area (Å²) in [5.41, 5.74) is -0.816. The molecule has 4 heterocycles. The van der Waals surface area contributed by atoms with Gasteiger partial charge in [0.05, 0.1) is 23.6 Å². The van der Waals surface area contributed by atoms with Gasteiger partial charge in [-0.1, -0.05) is 13.0 Å². The summed E-state index contributed by atoms with van der Waals surface area (Å²) in [6, 6.07) is 10.5. The van der Waals surface area contributed by atoms with Crippen molar-refractivity contribution < 1.29 is 26.7 Å². The fourth-order valence-corrected chi connectivity index (χ4v) is 4.07. The van der Waals surface area contributed by atoms with Gasteiger partial charge < -0.3 is 4.74 Å². The average Bonchev–Trinajstić information content (AvgIpc) is 2.84. The van der Waals surface area contributed by atoms with Crippen LogP contribution >= 0.6 is 11.8 Å². The normalized spacial score (nSPS) is 12.8. The van der Waals surface area contributed by atoms with E-state index >= 15 is 0 Å². The lowest BCUT2D eigenvalue weighted by atomic mass is 10.1. The Hall–Kier alpha value is -3.54. The summed E-state index contributed by atoms with van der Waals surface area (Å²) in [6.07, 6.45) is -3.84. The zero-order valence-corrected chi connectivity index (χ0v) is 18.9. The second kappa shape index (κ2) is 9.98. The first-order valence-corrected chi connectivity index (χ1v) is 11.2. The predicted molar refractivity (Wildman–Crippen MR) is 121 cm³/mol. The van der Waals surface area contributed by atoms with Crippen molar-refractivity contribution in [3.63, 3.8) is 0 Å². The Morgan fingerprint density at radius 2 is 1.86 bits per heavy atom. The zero-order chi connectivity index (χ0) is 25.2. The number of thioether (sulfide) groups is 1. The van der Waals surface area contributed by atoms with Crippen molar-refractivity contribution in [3.8, 4) is 23.0 Å². The summed E-state index contributed by atoms with van der Waals surface area (Å²) in [5.74, 6) is -3.58. The van der Waals surface area contributed by atoms with Crippen molar-refractivity contribution >= 4 is 22.7 Å². The van der Waals surface area contributed by atoms with Gasteiger partial charge in [0.25, 0.3) is 5.56 Å². The lowest BCUT2D eigenvalue weighted by molar-refractivity contribution is -0.191. The smallest absolute Gasteiger partial charge is 0.356 e. The maximum Gasteiger partial charge on any atom is 0.356 e. The number of pyridine rings is 4. The van der Waals surface area contributed by atoms with Crippen LogP contribution in [0.5, 0.6) is 11.6 Å². The molecular weight excluding hydrogens is 491 g/mol. The minimum Gasteiger partial charge on any atom is -0.437 e. The quantitative estimate of drug-likeness (QED) is 0.211. The first kappa shape index (κ1) is 24.6. The van der Waals surface area contributed by atoms with Gasteiger partial charge in [0, 0.05) is 28.6 Å². The summed E-state index contributed by atoms with van der Waals surface area (Å²) >= 11 is 1.44. The van der Waals surface area contributed by atoms with E-state index in [-0.39, 0.29) is 15.5 Å². The molecule has 35 heavy (non-hydrogen) atoms. The molecule has 0 amide bonds. The number of fused-ring (bicyclic) bond motifs is 1. The highest BCUT2D eigenvalue weighted by atomic mass is 32.2. The number of rotatable bonds is 8. The fraction of sp³-hybridized carbons (Fsp3) is 0.217. The van der Waals surface area contributed by atoms with Crippen molar-refractivity contribution in [2.45, 2.75) is 30.5 Å². The Bertz CT molecular complexity index is 1400. The summed E-state index contributed by atoms with van der Waals surface area (Å²) in [5, 5.41) is 0.144. The van der Waals surface area contributed by atoms with Crippen LogP contribution in [0.1, 0.15) is 13.2 Å². The van der Waals surface area contributed by atoms with E-state index in [0.29, 0.717) is 33.7 Å². The average molecular weight is 508 g/mol. The van der Waals surface area contributed by atoms with Crippen LogP contribution in [0.2, 0.25) is 0 Å². The summed E-state index contributed by atoms with van der Waals surface area (Å²) in [6.45, 7) is 1.93. The second-order valence-corrected chi connectivity index (χ2v) is 8.51. The van der Waals surface area contributed by atoms with Crippen LogP contribution in [0.25, 0.3) is 22.3 Å². The molecule has 0 bridgehead atoms. The molecule has 4 aromatic rings. The predicted octanol–water partition coefficient (Wildman–Crippen LogP) is 6.13. The Labute approximate surface area is 199 Å². The molecule has 0 aliphatic heterocycles. The number of nitrogens with zero attached hydrogens (tertiary/aromatic N) is 4. The van der Waals surface area contributed by atoms with Crippen LogP contribution in [0, 0.1) is 0 Å². The first-order chi connectivity index (χ1) is 16.7. The number of aromatic nitrogens is 4. The molecule has 0 aromatic carbocycles. The van der Waals surface area contributed by atoms with Gasteiger partial charge in [-0.2, -0.15) is 8.78 Å². The van der Waals surface area contributed by atoms with Gasteiger partial charge >= 0.3 is 12.3 Å². The minimum atomic E-state index is -5.06. The third-order valence-corrected chi connectivity index (χ3v) is 5.79. The van der Waals surface area contributed by atoms with Gasteiger partial charge in [-0.15, -0.1) is 11.8 Å². The fourth-order valence-electron chi connectivity index (χ4n) is 3.27. The van der Waals surface area contributed by atoms with Gasteiger partial charge in [-0.3, -0.25) is 14.3 Å². The third-order valence-electron chi connectivity index (χ3n) is 4.88. The molecule has 0 saturated heterocycles. The van der Waals surface area contributed by atoms with E-state index in [1.54, 1.807) is 30.5 Å². The van der Waals surface area contributed by atoms with Crippen molar-refractivity contribution in [2.75, 3.05) is 5.75 Å². The Morgan fingerprint density at radius 3 is 2.54 bits per heavy atom. The van der Waals surface area contributed by atoms with Crippen molar-refractivity contribution in [2.24, 2.45) is 0 Å². The van der Waals surface area contributed by atoms with Crippen molar-refractivity contribution in [1.29, 1.82) is 0 Å². The number of hydrogen-bond donors (Lipinski definition) is 0. The molecule has 0 aliphatic rings. The first-order valence-electron chi connectivity index (χ1n) is 10.3. The van der Waals surface area contributed by atoms with Gasteiger partial charge in [0.15, 0.2) is 0 Å². The van der Waals surface area contributed by atoms with Crippen LogP contribution in [0.4, 0.5) is 22.0 Å². The summed E-state index contributed by atoms with van der Waals surface area (Å²) in [7, 11) is 0. The van der Waals surface area contributed by atoms with Crippen LogP contribution in [-0.2, 0) is 0 Å². The van der Waals surface area contributed by atoms with E-state index in [0.717, 1.165) is 12.3 Å². The SMILES string of the molecule is CCSc1cc(Oc2ccccn2)cnc1-c1cc2ccc(=O)n(C(F)C(F)(F)C(F)F)c2cn1. The Kier molecular flexibility index (Phi) is 7.01. The van der Waals surface area contributed by atoms with Crippen LogP contribution < -0.4 is 10.3 Å². The van der Waals surface area contributed by atoms with Crippen LogP contribution in [0.15, 0.2) is 70.7 Å². The van der Waals surface area contributed by atoms with Gasteiger partial charge in [0.1, 0.15) is 11.4 Å². The zero-order valence-electron chi connectivity index (χ0n) is 18.0. The van der Waals surface area contributed by atoms with E-state index in [1.165, 1.54) is 30.1 Å². The van der Waals surface area contributed by atoms with Crippen LogP contribution in [0.3, 0.4) is 0 Å². The molecule has 1 atom stereocenters. The third kappa shape index (κ3) is 4.97. The van der Waals surface area contributed by atoms with Gasteiger partial charge in [-0.05, 0) is 30.0 Å². The minimum absolute atomic E-state index is 0.0167. The van der Waals surface area contributed by atoms with Gasteiger partial charge in [0.2, 0.25) is 12.2 Å². The molecule has 0 fully saturated rings. The van der Waals surface area contributed by atoms with E-state index in [9.17, 15) is 26.7 Å². The van der Waals surface area contributed by atoms with Crippen LogP contribution in [-0.4, -0.2) is 37.6 Å². The Morgan fingerprint density at radius 1 is 1.06 bits per heavy atom. The van der Waals surface area contributed by atoms with E-state index < -0.39 is 24.2 Å². The highest BCUT2D eigenvalue weighted by molar-refractivity contribution is 7.99. The maximum atomic E-state index is 14.4. The number of hydrogen-bond acceptors (Lipinski definition) is 6. The molecule has 1 unspecified atom stereocenters.